The highest BCUT2D eigenvalue weighted by Gasteiger charge is 2.16. The predicted octanol–water partition coefficient (Wildman–Crippen LogP) is 1.61. The van der Waals surface area contributed by atoms with Crippen LogP contribution in [0.1, 0.15) is 17.2 Å². The van der Waals surface area contributed by atoms with Crippen LogP contribution in [0.2, 0.25) is 0 Å². The van der Waals surface area contributed by atoms with Gasteiger partial charge in [-0.2, -0.15) is 5.10 Å². The van der Waals surface area contributed by atoms with Crippen molar-refractivity contribution in [3.05, 3.63) is 35.7 Å². The third-order valence-corrected chi connectivity index (χ3v) is 2.81. The Bertz CT molecular complexity index is 562. The molecule has 0 radical (unpaired) electrons. The quantitative estimate of drug-likeness (QED) is 0.781. The number of nitrogens with one attached hydrogen (secondary N) is 1. The molecule has 2 aromatic heterocycles. The highest BCUT2D eigenvalue weighted by molar-refractivity contribution is 5.83. The first-order valence-corrected chi connectivity index (χ1v) is 5.33. The minimum Gasteiger partial charge on any atom is -0.309 e. The average molecular weight is 212 g/mol. The van der Waals surface area contributed by atoms with Crippen molar-refractivity contribution in [2.45, 2.75) is 12.8 Å². The molecule has 80 valence electrons. The second-order valence-electron chi connectivity index (χ2n) is 3.97. The molecule has 1 unspecified atom stereocenters. The topological polar surface area (TPSA) is 50.2 Å². The van der Waals surface area contributed by atoms with Gasteiger partial charge in [0.1, 0.15) is 0 Å². The molecular weight excluding hydrogens is 200 g/mol. The maximum Gasteiger partial charge on any atom is 0.0929 e. The van der Waals surface area contributed by atoms with Crippen molar-refractivity contribution in [1.29, 1.82) is 0 Å². The molecule has 3 heterocycles. The van der Waals surface area contributed by atoms with Crippen molar-refractivity contribution in [1.82, 2.24) is 15.4 Å². The van der Waals surface area contributed by atoms with E-state index in [4.69, 9.17) is 0 Å². The smallest absolute Gasteiger partial charge is 0.0929 e. The normalized spacial score (nSPS) is 18.9. The fraction of sp³-hybridized carbons (Fsp3) is 0.250. The largest absolute Gasteiger partial charge is 0.309 e. The highest BCUT2D eigenvalue weighted by atomic mass is 15.3. The fourth-order valence-corrected chi connectivity index (χ4v) is 1.98. The van der Waals surface area contributed by atoms with Crippen molar-refractivity contribution in [2.75, 3.05) is 6.54 Å². The van der Waals surface area contributed by atoms with Crippen LogP contribution in [0.5, 0.6) is 0 Å². The van der Waals surface area contributed by atoms with Crippen LogP contribution >= 0.6 is 0 Å². The Morgan fingerprint density at radius 1 is 1.31 bits per heavy atom. The third-order valence-electron chi connectivity index (χ3n) is 2.81. The SMILES string of the molecule is Cc1ccc2nccc(C3C=NNC3)c2n1. The predicted molar refractivity (Wildman–Crippen MR) is 63.5 cm³/mol. The van der Waals surface area contributed by atoms with E-state index in [-0.39, 0.29) is 0 Å². The molecule has 0 aromatic carbocycles. The summed E-state index contributed by atoms with van der Waals surface area (Å²) in [5, 5.41) is 4.05. The van der Waals surface area contributed by atoms with Crippen LogP contribution in [0.4, 0.5) is 0 Å². The van der Waals surface area contributed by atoms with Gasteiger partial charge in [-0.05, 0) is 30.7 Å². The van der Waals surface area contributed by atoms with Crippen LogP contribution in [0, 0.1) is 6.92 Å². The summed E-state index contributed by atoms with van der Waals surface area (Å²) in [5.41, 5.74) is 7.12. The lowest BCUT2D eigenvalue weighted by molar-refractivity contribution is 0.765. The highest BCUT2D eigenvalue weighted by Crippen LogP contribution is 2.23. The summed E-state index contributed by atoms with van der Waals surface area (Å²) in [7, 11) is 0. The Balaban J connectivity index is 2.23. The standard InChI is InChI=1S/C12H12N4/c1-8-2-3-11-12(16-8)10(4-5-13-11)9-6-14-15-7-9/h2-6,9,15H,7H2,1H3. The van der Waals surface area contributed by atoms with Crippen LogP contribution in [0.15, 0.2) is 29.5 Å². The van der Waals surface area contributed by atoms with E-state index in [0.29, 0.717) is 5.92 Å². The molecule has 0 spiro atoms. The zero-order valence-electron chi connectivity index (χ0n) is 9.01. The van der Waals surface area contributed by atoms with Crippen molar-refractivity contribution in [2.24, 2.45) is 5.10 Å². The molecule has 0 bridgehead atoms. The fourth-order valence-electron chi connectivity index (χ4n) is 1.98. The minimum atomic E-state index is 0.305. The third kappa shape index (κ3) is 1.43. The van der Waals surface area contributed by atoms with Gasteiger partial charge in [0.25, 0.3) is 0 Å². The zero-order chi connectivity index (χ0) is 11.0. The van der Waals surface area contributed by atoms with Crippen molar-refractivity contribution in [3.63, 3.8) is 0 Å². The van der Waals surface area contributed by atoms with E-state index in [0.717, 1.165) is 23.3 Å². The number of hydrogen-bond donors (Lipinski definition) is 1. The molecule has 0 aliphatic carbocycles. The number of aryl methyl sites for hydroxylation is 1. The summed E-state index contributed by atoms with van der Waals surface area (Å²) in [5.74, 6) is 0.305. The minimum absolute atomic E-state index is 0.305. The number of hydrazone groups is 1. The monoisotopic (exact) mass is 212 g/mol. The maximum atomic E-state index is 4.57. The molecule has 3 rings (SSSR count). The number of hydrogen-bond acceptors (Lipinski definition) is 4. The number of aromatic nitrogens is 2. The lowest BCUT2D eigenvalue weighted by atomic mass is 10.0. The van der Waals surface area contributed by atoms with Crippen molar-refractivity contribution in [3.8, 4) is 0 Å². The average Bonchev–Trinajstić information content (AvgIpc) is 2.81. The summed E-state index contributed by atoms with van der Waals surface area (Å²) in [6.45, 7) is 2.84. The van der Waals surface area contributed by atoms with E-state index in [9.17, 15) is 0 Å². The molecule has 16 heavy (non-hydrogen) atoms. The molecule has 1 N–H and O–H groups in total. The van der Waals surface area contributed by atoms with Gasteiger partial charge in [-0.15, -0.1) is 0 Å². The van der Waals surface area contributed by atoms with E-state index >= 15 is 0 Å². The number of nitrogens with zero attached hydrogens (tertiary/aromatic N) is 3. The Labute approximate surface area is 93.4 Å². The first-order valence-electron chi connectivity index (χ1n) is 5.33. The first kappa shape index (κ1) is 9.27. The molecule has 0 fully saturated rings. The molecule has 4 heteroatoms. The van der Waals surface area contributed by atoms with Gasteiger partial charge in [0.05, 0.1) is 11.0 Å². The molecule has 0 amide bonds. The Hall–Kier alpha value is -1.97. The van der Waals surface area contributed by atoms with Crippen LogP contribution in [-0.4, -0.2) is 22.7 Å². The van der Waals surface area contributed by atoms with Gasteiger partial charge < -0.3 is 5.43 Å². The van der Waals surface area contributed by atoms with Crippen LogP contribution in [0.25, 0.3) is 11.0 Å². The summed E-state index contributed by atoms with van der Waals surface area (Å²) in [6, 6.07) is 6.03. The summed E-state index contributed by atoms with van der Waals surface area (Å²) in [6.07, 6.45) is 3.76. The number of pyridine rings is 2. The molecule has 2 aromatic rings. The van der Waals surface area contributed by atoms with Gasteiger partial charge in [0.15, 0.2) is 0 Å². The Morgan fingerprint density at radius 2 is 2.25 bits per heavy atom. The van der Waals surface area contributed by atoms with Gasteiger partial charge in [0.2, 0.25) is 0 Å². The van der Waals surface area contributed by atoms with Crippen LogP contribution in [-0.2, 0) is 0 Å². The van der Waals surface area contributed by atoms with Crippen LogP contribution in [0.3, 0.4) is 0 Å². The van der Waals surface area contributed by atoms with Crippen molar-refractivity contribution < 1.29 is 0 Å². The molecule has 1 aliphatic rings. The lowest BCUT2D eigenvalue weighted by Crippen LogP contribution is -2.09. The maximum absolute atomic E-state index is 4.57. The Kier molecular flexibility index (Phi) is 2.06. The number of rotatable bonds is 1. The Morgan fingerprint density at radius 3 is 3.06 bits per heavy atom. The van der Waals surface area contributed by atoms with E-state index in [2.05, 4.69) is 20.5 Å². The zero-order valence-corrected chi connectivity index (χ0v) is 9.01. The van der Waals surface area contributed by atoms with Gasteiger partial charge in [-0.3, -0.25) is 9.97 Å². The van der Waals surface area contributed by atoms with Gasteiger partial charge in [0, 0.05) is 30.6 Å². The first-order chi connectivity index (χ1) is 7.84. The summed E-state index contributed by atoms with van der Waals surface area (Å²) < 4.78 is 0. The van der Waals surface area contributed by atoms with Gasteiger partial charge in [-0.1, -0.05) is 0 Å². The van der Waals surface area contributed by atoms with Gasteiger partial charge in [-0.25, -0.2) is 0 Å². The number of fused-ring (bicyclic) bond motifs is 1. The van der Waals surface area contributed by atoms with Crippen molar-refractivity contribution >= 4 is 17.2 Å². The second-order valence-corrected chi connectivity index (χ2v) is 3.97. The van der Waals surface area contributed by atoms with Gasteiger partial charge >= 0.3 is 0 Å². The summed E-state index contributed by atoms with van der Waals surface area (Å²) in [4.78, 5) is 8.90. The molecule has 0 saturated heterocycles. The molecule has 4 nitrogen and oxygen atoms in total. The molecule has 1 atom stereocenters. The van der Waals surface area contributed by atoms with E-state index in [1.54, 1.807) is 0 Å². The molecule has 1 aliphatic heterocycles. The summed E-state index contributed by atoms with van der Waals surface area (Å²) >= 11 is 0. The van der Waals surface area contributed by atoms with E-state index in [1.165, 1.54) is 5.56 Å². The molecular formula is C12H12N4. The van der Waals surface area contributed by atoms with E-state index in [1.807, 2.05) is 37.5 Å². The molecule has 0 saturated carbocycles. The lowest BCUT2D eigenvalue weighted by Gasteiger charge is -2.09. The second kappa shape index (κ2) is 3.56. The van der Waals surface area contributed by atoms with E-state index < -0.39 is 0 Å². The van der Waals surface area contributed by atoms with Crippen LogP contribution < -0.4 is 5.43 Å².